The van der Waals surface area contributed by atoms with Crippen LogP contribution in [0.5, 0.6) is 0 Å². The molecular formula is C22H24SiZr-4. The third-order valence-corrected chi connectivity index (χ3v) is 3.68. The molecule has 0 aliphatic heterocycles. The second-order valence-corrected chi connectivity index (χ2v) is 5.37. The Bertz CT molecular complexity index is 654. The summed E-state index contributed by atoms with van der Waals surface area (Å²) in [7, 11) is 0. The first-order valence-corrected chi connectivity index (χ1v) is 11.5. The fourth-order valence-corrected chi connectivity index (χ4v) is 2.71. The van der Waals surface area contributed by atoms with E-state index in [9.17, 15) is 0 Å². The Morgan fingerprint density at radius 1 is 1.00 bits per heavy atom. The Morgan fingerprint density at radius 2 is 1.71 bits per heavy atom. The summed E-state index contributed by atoms with van der Waals surface area (Å²) in [5, 5.41) is 0. The number of rotatable bonds is 0. The van der Waals surface area contributed by atoms with Gasteiger partial charge >= 0.3 is 30.2 Å². The molecule has 2 aromatic rings. The first-order chi connectivity index (χ1) is 10.7. The SMILES string of the molecule is Cc1[c-]c2c(cc1)-c1ccc(C)cc1C2.[C-]1=CC=CC1.[CH3-].[CH3-].[Si]=[Zr]. The van der Waals surface area contributed by atoms with Crippen molar-refractivity contribution < 1.29 is 23.3 Å². The van der Waals surface area contributed by atoms with Gasteiger partial charge in [-0.05, 0) is 18.9 Å². The molecule has 2 aromatic carbocycles. The number of hydrogen-bond acceptors (Lipinski definition) is 0. The minimum atomic E-state index is 0. The van der Waals surface area contributed by atoms with Crippen LogP contribution in [0.3, 0.4) is 0 Å². The monoisotopic (exact) mass is 406 g/mol. The van der Waals surface area contributed by atoms with Crippen LogP contribution in [0.15, 0.2) is 48.6 Å². The number of fused-ring (bicyclic) bond motifs is 3. The zero-order chi connectivity index (χ0) is 15.9. The average molecular weight is 408 g/mol. The van der Waals surface area contributed by atoms with Gasteiger partial charge in [-0.25, -0.2) is 12.2 Å². The van der Waals surface area contributed by atoms with Crippen molar-refractivity contribution >= 4 is 6.88 Å². The third-order valence-electron chi connectivity index (χ3n) is 3.68. The molecule has 24 heavy (non-hydrogen) atoms. The van der Waals surface area contributed by atoms with Crippen LogP contribution in [0.25, 0.3) is 11.1 Å². The van der Waals surface area contributed by atoms with Gasteiger partial charge in [-0.2, -0.15) is 29.8 Å². The summed E-state index contributed by atoms with van der Waals surface area (Å²) in [5.41, 5.74) is 8.15. The van der Waals surface area contributed by atoms with Crippen LogP contribution >= 0.6 is 0 Å². The maximum atomic E-state index is 3.45. The maximum absolute atomic E-state index is 3.45. The van der Waals surface area contributed by atoms with Crippen molar-refractivity contribution in [2.24, 2.45) is 0 Å². The molecule has 0 amide bonds. The first-order valence-electron chi connectivity index (χ1n) is 7.32. The predicted octanol–water partition coefficient (Wildman–Crippen LogP) is 5.50. The predicted molar refractivity (Wildman–Crippen MR) is 103 cm³/mol. The van der Waals surface area contributed by atoms with Crippen molar-refractivity contribution in [3.63, 3.8) is 0 Å². The molecule has 0 unspecified atom stereocenters. The van der Waals surface area contributed by atoms with Crippen molar-refractivity contribution in [1.82, 2.24) is 0 Å². The van der Waals surface area contributed by atoms with E-state index in [2.05, 4.69) is 69.3 Å². The van der Waals surface area contributed by atoms with Crippen molar-refractivity contribution in [2.75, 3.05) is 0 Å². The van der Waals surface area contributed by atoms with Gasteiger partial charge in [0.25, 0.3) is 0 Å². The van der Waals surface area contributed by atoms with Crippen LogP contribution in [0.1, 0.15) is 28.7 Å². The molecule has 0 N–H and O–H groups in total. The molecule has 2 aliphatic carbocycles. The van der Waals surface area contributed by atoms with Crippen molar-refractivity contribution in [3.8, 4) is 11.1 Å². The van der Waals surface area contributed by atoms with Gasteiger partial charge in [0.05, 0.1) is 0 Å². The zero-order valence-electron chi connectivity index (χ0n) is 15.0. The topological polar surface area (TPSA) is 0 Å². The van der Waals surface area contributed by atoms with E-state index in [1.165, 1.54) is 56.7 Å². The molecule has 4 rings (SSSR count). The zero-order valence-corrected chi connectivity index (χ0v) is 18.5. The van der Waals surface area contributed by atoms with E-state index in [0.717, 1.165) is 12.8 Å². The first kappa shape index (κ1) is 23.0. The summed E-state index contributed by atoms with van der Waals surface area (Å²) in [6.45, 7) is 7.32. The van der Waals surface area contributed by atoms with E-state index < -0.39 is 0 Å². The number of hydrogen-bond donors (Lipinski definition) is 0. The van der Waals surface area contributed by atoms with E-state index >= 15 is 0 Å². The number of aryl methyl sites for hydroxylation is 2. The standard InChI is InChI=1S/C15H13.C5H5.2CH3.Si.Zr/c1-10-3-5-14-12(7-10)9-13-8-11(2)4-6-15(13)14;1-2-4-5-3-1;;;;/h3-7H,9H2,1-2H3;1-3H,4H2;2*1H3;;/q4*-1;;. The summed E-state index contributed by atoms with van der Waals surface area (Å²) < 4.78 is 0. The molecule has 2 aliphatic rings. The van der Waals surface area contributed by atoms with Gasteiger partial charge in [0, 0.05) is 0 Å². The Kier molecular flexibility index (Phi) is 11.1. The van der Waals surface area contributed by atoms with E-state index in [4.69, 9.17) is 0 Å². The van der Waals surface area contributed by atoms with E-state index in [1.54, 1.807) is 0 Å². The fourth-order valence-electron chi connectivity index (χ4n) is 2.71. The second-order valence-electron chi connectivity index (χ2n) is 5.37. The van der Waals surface area contributed by atoms with E-state index in [0.29, 0.717) is 0 Å². The average Bonchev–Trinajstić information content (AvgIpc) is 3.19. The Balaban J connectivity index is 0.000000505. The molecule has 124 valence electrons. The molecule has 0 bridgehead atoms. The Hall–Kier alpha value is -0.980. The van der Waals surface area contributed by atoms with Crippen LogP contribution in [0, 0.1) is 40.8 Å². The quantitative estimate of drug-likeness (QED) is 0.341. The molecule has 0 atom stereocenters. The van der Waals surface area contributed by atoms with Gasteiger partial charge in [-0.15, -0.1) is 17.5 Å². The van der Waals surface area contributed by atoms with E-state index in [1.807, 2.05) is 12.2 Å². The number of allylic oxidation sites excluding steroid dienone is 4. The van der Waals surface area contributed by atoms with Crippen molar-refractivity contribution in [1.29, 1.82) is 0 Å². The summed E-state index contributed by atoms with van der Waals surface area (Å²) in [6, 6.07) is 14.5. The fraction of sp³-hybridized carbons (Fsp3) is 0.182. The minimum absolute atomic E-state index is 0. The Labute approximate surface area is 165 Å². The number of benzene rings is 2. The molecule has 2 radical (unpaired) electrons. The summed E-state index contributed by atoms with van der Waals surface area (Å²) in [5.74, 6) is 0. The van der Waals surface area contributed by atoms with Gasteiger partial charge in [-0.1, -0.05) is 36.2 Å². The molecule has 0 aromatic heterocycles. The van der Waals surface area contributed by atoms with E-state index in [-0.39, 0.29) is 14.9 Å². The normalized spacial score (nSPS) is 11.5. The van der Waals surface area contributed by atoms with Crippen LogP contribution in [-0.4, -0.2) is 6.88 Å². The van der Waals surface area contributed by atoms with Crippen LogP contribution in [0.2, 0.25) is 0 Å². The molecule has 0 saturated heterocycles. The van der Waals surface area contributed by atoms with Gasteiger partial charge < -0.3 is 14.9 Å². The molecule has 2 heteroatoms. The van der Waals surface area contributed by atoms with Crippen molar-refractivity contribution in [2.45, 2.75) is 26.7 Å². The summed E-state index contributed by atoms with van der Waals surface area (Å²) >= 11 is 1.36. The van der Waals surface area contributed by atoms with Gasteiger partial charge in [-0.3, -0.25) is 6.08 Å². The van der Waals surface area contributed by atoms with Gasteiger partial charge in [0.1, 0.15) is 0 Å². The molecule has 0 fully saturated rings. The Morgan fingerprint density at radius 3 is 2.29 bits per heavy atom. The third kappa shape index (κ3) is 5.83. The molecule has 0 saturated carbocycles. The van der Waals surface area contributed by atoms with Crippen LogP contribution < -0.4 is 0 Å². The van der Waals surface area contributed by atoms with Crippen molar-refractivity contribution in [3.05, 3.63) is 97.8 Å². The molecular weight excluding hydrogens is 384 g/mol. The second kappa shape index (κ2) is 11.6. The van der Waals surface area contributed by atoms with Crippen LogP contribution in [0.4, 0.5) is 0 Å². The molecule has 0 spiro atoms. The molecule has 0 heterocycles. The molecule has 0 nitrogen and oxygen atoms in total. The summed E-state index contributed by atoms with van der Waals surface area (Å²) in [4.78, 5) is 0. The van der Waals surface area contributed by atoms with Gasteiger partial charge in [0.15, 0.2) is 0 Å². The summed E-state index contributed by atoms with van der Waals surface area (Å²) in [6.07, 6.45) is 11.0. The van der Waals surface area contributed by atoms with Crippen LogP contribution in [-0.2, 0) is 29.8 Å². The van der Waals surface area contributed by atoms with Gasteiger partial charge in [0.2, 0.25) is 0 Å².